The topological polar surface area (TPSA) is 94.8 Å². The van der Waals surface area contributed by atoms with Gasteiger partial charge in [0.25, 0.3) is 0 Å². The van der Waals surface area contributed by atoms with Crippen molar-refractivity contribution in [2.45, 2.75) is 75.0 Å². The maximum absolute atomic E-state index is 12.5. The van der Waals surface area contributed by atoms with E-state index >= 15 is 0 Å². The fraction of sp³-hybridized carbons (Fsp3) is 0.542. The first-order valence-electron chi connectivity index (χ1n) is 12.1. The van der Waals surface area contributed by atoms with E-state index in [0.29, 0.717) is 22.3 Å². The van der Waals surface area contributed by atoms with E-state index in [4.69, 9.17) is 4.74 Å². The van der Waals surface area contributed by atoms with E-state index in [-0.39, 0.29) is 11.7 Å². The quantitative estimate of drug-likeness (QED) is 0.414. The first-order chi connectivity index (χ1) is 16.7. The Morgan fingerprint density at radius 3 is 2.53 bits per heavy atom. The molecule has 0 unspecified atom stereocenters. The molecule has 2 aromatic heterocycles. The second-order valence-corrected chi connectivity index (χ2v) is 11.0. The number of nitrogens with one attached hydrogen (secondary N) is 1. The highest BCUT2D eigenvalue weighted by atomic mass is 32.2. The maximum atomic E-state index is 12.5. The number of carbonyl (C=O) groups is 1. The second-order valence-electron chi connectivity index (χ2n) is 9.03. The third kappa shape index (κ3) is 5.60. The number of carbonyl (C=O) groups excluding carboxylic acids is 1. The van der Waals surface area contributed by atoms with Gasteiger partial charge in [0.1, 0.15) is 10.8 Å². The number of ether oxygens (including phenoxy) is 1. The zero-order valence-electron chi connectivity index (χ0n) is 19.4. The summed E-state index contributed by atoms with van der Waals surface area (Å²) in [7, 11) is 1.92. The number of hydrogen-bond donors (Lipinski definition) is 1. The van der Waals surface area contributed by atoms with E-state index < -0.39 is 0 Å². The van der Waals surface area contributed by atoms with E-state index in [1.54, 1.807) is 0 Å². The van der Waals surface area contributed by atoms with Gasteiger partial charge in [-0.25, -0.2) is 0 Å². The van der Waals surface area contributed by atoms with Gasteiger partial charge in [0.2, 0.25) is 11.0 Å². The van der Waals surface area contributed by atoms with E-state index in [1.807, 2.05) is 35.9 Å². The number of hydrogen-bond acceptors (Lipinski definition) is 8. The molecule has 2 aliphatic carbocycles. The summed E-state index contributed by atoms with van der Waals surface area (Å²) in [5.74, 6) is 2.27. The Bertz CT molecular complexity index is 1100. The summed E-state index contributed by atoms with van der Waals surface area (Å²) in [6.07, 6.45) is 11.3. The van der Waals surface area contributed by atoms with Crippen molar-refractivity contribution in [2.75, 3.05) is 11.1 Å². The average Bonchev–Trinajstić information content (AvgIpc) is 3.61. The molecule has 1 aromatic carbocycles. The minimum Gasteiger partial charge on any atom is -0.490 e. The molecule has 1 N–H and O–H groups in total. The van der Waals surface area contributed by atoms with Gasteiger partial charge in [0.15, 0.2) is 11.0 Å². The molecule has 2 fully saturated rings. The van der Waals surface area contributed by atoms with Crippen LogP contribution in [0.4, 0.5) is 5.13 Å². The summed E-state index contributed by atoms with van der Waals surface area (Å²) >= 11 is 2.86. The monoisotopic (exact) mass is 498 g/mol. The minimum atomic E-state index is -0.116. The third-order valence-electron chi connectivity index (χ3n) is 6.53. The molecule has 2 aliphatic rings. The highest BCUT2D eigenvalue weighted by Crippen LogP contribution is 2.35. The van der Waals surface area contributed by atoms with Gasteiger partial charge in [-0.1, -0.05) is 42.4 Å². The van der Waals surface area contributed by atoms with Gasteiger partial charge in [-0.2, -0.15) is 0 Å². The van der Waals surface area contributed by atoms with E-state index in [9.17, 15) is 4.79 Å². The molecule has 1 amide bonds. The van der Waals surface area contributed by atoms with Crippen LogP contribution in [0.2, 0.25) is 0 Å². The predicted molar refractivity (Wildman–Crippen MR) is 134 cm³/mol. The molecule has 3 aromatic rings. The van der Waals surface area contributed by atoms with Crippen molar-refractivity contribution < 1.29 is 9.53 Å². The molecular weight excluding hydrogens is 468 g/mol. The summed E-state index contributed by atoms with van der Waals surface area (Å²) < 4.78 is 7.96. The molecular formula is C24H30N6O2S2. The lowest BCUT2D eigenvalue weighted by Gasteiger charge is -2.18. The summed E-state index contributed by atoms with van der Waals surface area (Å²) in [4.78, 5) is 12.5. The van der Waals surface area contributed by atoms with Gasteiger partial charge in [0, 0.05) is 18.5 Å². The zero-order valence-corrected chi connectivity index (χ0v) is 21.0. The van der Waals surface area contributed by atoms with Crippen LogP contribution in [0.1, 0.15) is 68.7 Å². The Kier molecular flexibility index (Phi) is 7.44. The zero-order chi connectivity index (χ0) is 23.3. The molecule has 5 rings (SSSR count). The minimum absolute atomic E-state index is 0.116. The predicted octanol–water partition coefficient (Wildman–Crippen LogP) is 5.43. The van der Waals surface area contributed by atoms with Crippen molar-refractivity contribution in [2.24, 2.45) is 7.05 Å². The molecule has 0 bridgehead atoms. The van der Waals surface area contributed by atoms with Crippen molar-refractivity contribution in [1.82, 2.24) is 25.0 Å². The lowest BCUT2D eigenvalue weighted by Crippen LogP contribution is -2.14. The fourth-order valence-corrected chi connectivity index (χ4v) is 6.30. The third-order valence-corrected chi connectivity index (χ3v) is 8.55. The van der Waals surface area contributed by atoms with Crippen molar-refractivity contribution in [1.29, 1.82) is 0 Å². The SMILES string of the molecule is Cn1c(SCC(=O)Nc2nnc(C3CCCCC3)s2)nnc1-c1ccc(OC2CCCC2)cc1. The first kappa shape index (κ1) is 23.3. The number of aromatic nitrogens is 5. The van der Waals surface area contributed by atoms with Crippen LogP contribution in [0.15, 0.2) is 29.4 Å². The van der Waals surface area contributed by atoms with Crippen molar-refractivity contribution in [3.8, 4) is 17.1 Å². The van der Waals surface area contributed by atoms with Crippen LogP contribution >= 0.6 is 23.1 Å². The Balaban J connectivity index is 1.14. The fourth-order valence-electron chi connectivity index (χ4n) is 4.66. The van der Waals surface area contributed by atoms with Gasteiger partial charge in [-0.3, -0.25) is 10.1 Å². The largest absolute Gasteiger partial charge is 0.490 e. The van der Waals surface area contributed by atoms with Crippen molar-refractivity contribution in [3.63, 3.8) is 0 Å². The summed E-state index contributed by atoms with van der Waals surface area (Å²) in [5.41, 5.74) is 0.967. The molecule has 0 saturated heterocycles. The number of thioether (sulfide) groups is 1. The second kappa shape index (κ2) is 10.9. The summed E-state index contributed by atoms with van der Waals surface area (Å²) in [5, 5.41) is 22.3. The van der Waals surface area contributed by atoms with E-state index in [1.165, 1.54) is 68.0 Å². The van der Waals surface area contributed by atoms with Crippen molar-refractivity contribution in [3.05, 3.63) is 29.3 Å². The highest BCUT2D eigenvalue weighted by molar-refractivity contribution is 7.99. The molecule has 0 atom stereocenters. The van der Waals surface area contributed by atoms with Crippen molar-refractivity contribution >= 4 is 34.1 Å². The van der Waals surface area contributed by atoms with Gasteiger partial charge in [-0.05, 0) is 62.8 Å². The van der Waals surface area contributed by atoms with Gasteiger partial charge in [-0.15, -0.1) is 20.4 Å². The number of rotatable bonds is 8. The maximum Gasteiger partial charge on any atom is 0.236 e. The van der Waals surface area contributed by atoms with Crippen LogP contribution in [-0.2, 0) is 11.8 Å². The molecule has 2 heterocycles. The Hall–Kier alpha value is -2.46. The summed E-state index contributed by atoms with van der Waals surface area (Å²) in [6.45, 7) is 0. The number of anilines is 1. The van der Waals surface area contributed by atoms with Gasteiger partial charge >= 0.3 is 0 Å². The average molecular weight is 499 g/mol. The number of benzene rings is 1. The van der Waals surface area contributed by atoms with Crippen LogP contribution < -0.4 is 10.1 Å². The highest BCUT2D eigenvalue weighted by Gasteiger charge is 2.21. The lowest BCUT2D eigenvalue weighted by molar-refractivity contribution is -0.113. The first-order valence-corrected chi connectivity index (χ1v) is 13.9. The molecule has 8 nitrogen and oxygen atoms in total. The molecule has 180 valence electrons. The number of amides is 1. The van der Waals surface area contributed by atoms with Crippen LogP contribution in [0.3, 0.4) is 0 Å². The van der Waals surface area contributed by atoms with Crippen LogP contribution in [0.5, 0.6) is 5.75 Å². The standard InChI is InChI=1S/C24H30N6O2S2/c1-30-21(16-11-13-19(14-12-16)32-18-9-5-6-10-18)26-29-24(30)33-15-20(31)25-23-28-27-22(34-23)17-7-3-2-4-8-17/h11-14,17-18H,2-10,15H2,1H3,(H,25,28,31). The molecule has 0 spiro atoms. The summed E-state index contributed by atoms with van der Waals surface area (Å²) in [6, 6.07) is 8.00. The number of nitrogens with zero attached hydrogens (tertiary/aromatic N) is 5. The molecule has 34 heavy (non-hydrogen) atoms. The molecule has 0 radical (unpaired) electrons. The van der Waals surface area contributed by atoms with Crippen LogP contribution in [0.25, 0.3) is 11.4 Å². The molecule has 0 aliphatic heterocycles. The Morgan fingerprint density at radius 2 is 1.76 bits per heavy atom. The molecule has 10 heteroatoms. The normalized spacial score (nSPS) is 17.2. The smallest absolute Gasteiger partial charge is 0.236 e. The van der Waals surface area contributed by atoms with E-state index in [0.717, 1.165) is 35.0 Å². The van der Waals surface area contributed by atoms with E-state index in [2.05, 4.69) is 25.7 Å². The lowest BCUT2D eigenvalue weighted by atomic mass is 9.90. The molecule has 2 saturated carbocycles. The Morgan fingerprint density at radius 1 is 1.03 bits per heavy atom. The Labute approximate surface area is 207 Å². The van der Waals surface area contributed by atoms with Gasteiger partial charge < -0.3 is 9.30 Å². The van der Waals surface area contributed by atoms with Crippen LogP contribution in [-0.4, -0.2) is 42.7 Å². The van der Waals surface area contributed by atoms with Crippen LogP contribution in [0, 0.1) is 0 Å². The van der Waals surface area contributed by atoms with Gasteiger partial charge in [0.05, 0.1) is 11.9 Å².